The maximum Gasteiger partial charge on any atom is 0.325 e. The molecule has 2 saturated carbocycles. The van der Waals surface area contributed by atoms with Crippen LogP contribution in [0.1, 0.15) is 27.7 Å². The molecule has 3 aliphatic rings. The maximum absolute atomic E-state index is 12.5. The Morgan fingerprint density at radius 1 is 1.33 bits per heavy atom. The van der Waals surface area contributed by atoms with Crippen LogP contribution in [0.2, 0.25) is 0 Å². The van der Waals surface area contributed by atoms with Crippen LogP contribution >= 0.6 is 0 Å². The van der Waals surface area contributed by atoms with E-state index in [9.17, 15) is 18.0 Å². The number of rotatable bonds is 4. The standard InChI is InChI=1S/C16H23NO6S/c1-6-10(18)17-7-11(19)22-14-13-12-8(2)15(14,4)9(3)16(12,5)23-24(13,20)21/h6,8-9,12-14H,1,7H2,2-5H3,(H,17,18). The third kappa shape index (κ3) is 1.95. The molecule has 0 spiro atoms. The number of hydrogen-bond acceptors (Lipinski definition) is 6. The van der Waals surface area contributed by atoms with E-state index in [1.165, 1.54) is 0 Å². The molecule has 24 heavy (non-hydrogen) atoms. The Hall–Kier alpha value is -1.41. The topological polar surface area (TPSA) is 98.8 Å². The fourth-order valence-electron chi connectivity index (χ4n) is 5.22. The molecule has 1 aliphatic heterocycles. The van der Waals surface area contributed by atoms with Crippen molar-refractivity contribution < 1.29 is 26.9 Å². The first-order chi connectivity index (χ1) is 11.0. The van der Waals surface area contributed by atoms with E-state index in [2.05, 4.69) is 11.9 Å². The van der Waals surface area contributed by atoms with Crippen LogP contribution in [0.3, 0.4) is 0 Å². The highest BCUT2D eigenvalue weighted by molar-refractivity contribution is 7.87. The zero-order valence-electron chi connectivity index (χ0n) is 14.2. The summed E-state index contributed by atoms with van der Waals surface area (Å²) in [5, 5.41) is 1.50. The molecule has 134 valence electrons. The van der Waals surface area contributed by atoms with Crippen LogP contribution in [0, 0.1) is 23.2 Å². The summed E-state index contributed by atoms with van der Waals surface area (Å²) in [4.78, 5) is 23.3. The van der Waals surface area contributed by atoms with Crippen LogP contribution in [0.5, 0.6) is 0 Å². The lowest BCUT2D eigenvalue weighted by Gasteiger charge is -2.42. The van der Waals surface area contributed by atoms with Crippen LogP contribution in [0.25, 0.3) is 0 Å². The molecule has 3 rings (SSSR count). The van der Waals surface area contributed by atoms with Crippen molar-refractivity contribution >= 4 is 22.0 Å². The summed E-state index contributed by atoms with van der Waals surface area (Å²) in [6.07, 6.45) is 0.276. The van der Waals surface area contributed by atoms with Gasteiger partial charge in [-0.1, -0.05) is 27.4 Å². The summed E-state index contributed by atoms with van der Waals surface area (Å²) in [6, 6.07) is 0. The number of hydrogen-bond donors (Lipinski definition) is 1. The Balaban J connectivity index is 1.88. The van der Waals surface area contributed by atoms with Crippen LogP contribution in [-0.4, -0.2) is 43.8 Å². The van der Waals surface area contributed by atoms with Gasteiger partial charge in [-0.25, -0.2) is 0 Å². The van der Waals surface area contributed by atoms with Crippen molar-refractivity contribution in [1.82, 2.24) is 5.32 Å². The number of carbonyl (C=O) groups excluding carboxylic acids is 2. The van der Waals surface area contributed by atoms with E-state index >= 15 is 0 Å². The number of amides is 1. The Bertz CT molecular complexity index is 718. The highest BCUT2D eigenvalue weighted by atomic mass is 32.2. The van der Waals surface area contributed by atoms with Crippen molar-refractivity contribution in [2.24, 2.45) is 23.2 Å². The van der Waals surface area contributed by atoms with Crippen molar-refractivity contribution in [1.29, 1.82) is 0 Å². The molecule has 1 heterocycles. The van der Waals surface area contributed by atoms with Crippen LogP contribution in [0.4, 0.5) is 0 Å². The Morgan fingerprint density at radius 3 is 2.54 bits per heavy atom. The van der Waals surface area contributed by atoms with E-state index in [4.69, 9.17) is 8.92 Å². The maximum atomic E-state index is 12.5. The molecule has 3 fully saturated rings. The average molecular weight is 357 g/mol. The van der Waals surface area contributed by atoms with Gasteiger partial charge in [-0.05, 0) is 24.8 Å². The number of carbonyl (C=O) groups is 2. The molecule has 1 N–H and O–H groups in total. The van der Waals surface area contributed by atoms with E-state index < -0.39 is 44.4 Å². The average Bonchev–Trinajstić information content (AvgIpc) is 2.90. The van der Waals surface area contributed by atoms with Gasteiger partial charge in [0.05, 0.1) is 5.60 Å². The van der Waals surface area contributed by atoms with E-state index in [0.717, 1.165) is 6.08 Å². The first-order valence-corrected chi connectivity index (χ1v) is 9.51. The molecule has 0 radical (unpaired) electrons. The molecule has 0 aromatic heterocycles. The second-order valence-corrected chi connectivity index (χ2v) is 9.16. The predicted octanol–water partition coefficient (Wildman–Crippen LogP) is 0.610. The summed E-state index contributed by atoms with van der Waals surface area (Å²) >= 11 is 0. The van der Waals surface area contributed by atoms with Crippen molar-refractivity contribution in [3.63, 3.8) is 0 Å². The van der Waals surface area contributed by atoms with Crippen LogP contribution < -0.4 is 5.32 Å². The summed E-state index contributed by atoms with van der Waals surface area (Å²) < 4.78 is 36.1. The smallest absolute Gasteiger partial charge is 0.325 e. The Kier molecular flexibility index (Phi) is 3.66. The number of nitrogens with one attached hydrogen (secondary N) is 1. The first-order valence-electron chi connectivity index (χ1n) is 8.04. The van der Waals surface area contributed by atoms with Crippen LogP contribution in [-0.2, 0) is 28.6 Å². The second-order valence-electron chi connectivity index (χ2n) is 7.46. The summed E-state index contributed by atoms with van der Waals surface area (Å²) in [6.45, 7) is 10.7. The van der Waals surface area contributed by atoms with E-state index in [-0.39, 0.29) is 24.3 Å². The molecule has 1 saturated heterocycles. The zero-order chi connectivity index (χ0) is 18.1. The van der Waals surface area contributed by atoms with E-state index in [1.807, 2.05) is 27.7 Å². The molecule has 2 bridgehead atoms. The number of ether oxygens (including phenoxy) is 1. The fraction of sp³-hybridized carbons (Fsp3) is 0.750. The Morgan fingerprint density at radius 2 is 1.96 bits per heavy atom. The molecule has 0 aromatic rings. The van der Waals surface area contributed by atoms with Gasteiger partial charge < -0.3 is 10.1 Å². The van der Waals surface area contributed by atoms with Gasteiger partial charge in [0, 0.05) is 11.3 Å². The minimum absolute atomic E-state index is 0.0420. The minimum Gasteiger partial charge on any atom is -0.459 e. The van der Waals surface area contributed by atoms with Gasteiger partial charge in [-0.15, -0.1) is 0 Å². The van der Waals surface area contributed by atoms with Crippen molar-refractivity contribution in [2.45, 2.75) is 44.6 Å². The molecule has 7 unspecified atom stereocenters. The molecular formula is C16H23NO6S. The van der Waals surface area contributed by atoms with Gasteiger partial charge >= 0.3 is 5.97 Å². The number of fused-ring (bicyclic) bond motifs is 1. The monoisotopic (exact) mass is 357 g/mol. The third-order valence-electron chi connectivity index (χ3n) is 6.72. The third-order valence-corrected chi connectivity index (χ3v) is 8.52. The van der Waals surface area contributed by atoms with Crippen molar-refractivity contribution in [3.05, 3.63) is 12.7 Å². The summed E-state index contributed by atoms with van der Waals surface area (Å²) in [7, 11) is -3.81. The highest BCUT2D eigenvalue weighted by Crippen LogP contribution is 2.72. The number of esters is 1. The summed E-state index contributed by atoms with van der Waals surface area (Å²) in [5.74, 6) is -1.40. The van der Waals surface area contributed by atoms with Gasteiger partial charge in [-0.2, -0.15) is 8.42 Å². The van der Waals surface area contributed by atoms with Gasteiger partial charge in [0.2, 0.25) is 5.91 Å². The van der Waals surface area contributed by atoms with E-state index in [0.29, 0.717) is 0 Å². The van der Waals surface area contributed by atoms with Crippen LogP contribution in [0.15, 0.2) is 12.7 Å². The van der Waals surface area contributed by atoms with Gasteiger partial charge in [-0.3, -0.25) is 13.8 Å². The van der Waals surface area contributed by atoms with Gasteiger partial charge in [0.1, 0.15) is 17.9 Å². The normalized spacial score (nSPS) is 47.4. The van der Waals surface area contributed by atoms with Gasteiger partial charge in [0.25, 0.3) is 10.1 Å². The molecule has 7 atom stereocenters. The Labute approximate surface area is 141 Å². The van der Waals surface area contributed by atoms with Crippen molar-refractivity contribution in [3.8, 4) is 0 Å². The zero-order valence-corrected chi connectivity index (χ0v) is 15.1. The molecule has 2 aliphatic carbocycles. The lowest BCUT2D eigenvalue weighted by Crippen LogP contribution is -2.52. The largest absolute Gasteiger partial charge is 0.459 e. The molecule has 8 heteroatoms. The fourth-order valence-corrected chi connectivity index (χ4v) is 7.60. The first kappa shape index (κ1) is 17.4. The summed E-state index contributed by atoms with van der Waals surface area (Å²) in [5.41, 5.74) is -1.25. The molecular weight excluding hydrogens is 334 g/mol. The van der Waals surface area contributed by atoms with Crippen molar-refractivity contribution in [2.75, 3.05) is 6.54 Å². The quantitative estimate of drug-likeness (QED) is 0.450. The molecule has 0 aromatic carbocycles. The van der Waals surface area contributed by atoms with E-state index in [1.54, 1.807) is 0 Å². The second kappa shape index (κ2) is 5.05. The molecule has 7 nitrogen and oxygen atoms in total. The minimum atomic E-state index is -3.81. The SMILES string of the molecule is C=CC(=O)NCC(=O)OC1C2C3C(C)C1(C)C(C)C3(C)OS2(=O)=O. The van der Waals surface area contributed by atoms with Gasteiger partial charge in [0.15, 0.2) is 0 Å². The highest BCUT2D eigenvalue weighted by Gasteiger charge is 2.81. The molecule has 1 amide bonds. The predicted molar refractivity (Wildman–Crippen MR) is 85.2 cm³/mol. The lowest BCUT2D eigenvalue weighted by molar-refractivity contribution is -0.159. The lowest BCUT2D eigenvalue weighted by atomic mass is 9.68.